The Morgan fingerprint density at radius 1 is 0.840 bits per heavy atom. The minimum Gasteiger partial charge on any atom is -0.372 e. The summed E-state index contributed by atoms with van der Waals surface area (Å²) in [7, 11) is 0. The van der Waals surface area contributed by atoms with E-state index in [4.69, 9.17) is 0 Å². The van der Waals surface area contributed by atoms with Crippen LogP contribution in [0.4, 0.5) is 5.69 Å². The molecule has 0 saturated heterocycles. The monoisotopic (exact) mass is 333 g/mol. The Bertz CT molecular complexity index is 830. The van der Waals surface area contributed by atoms with Crippen LogP contribution >= 0.6 is 0 Å². The first-order chi connectivity index (χ1) is 12.1. The highest BCUT2D eigenvalue weighted by Gasteiger charge is 2.18. The normalized spacial score (nSPS) is 11.2. The minimum absolute atomic E-state index is 0.601. The van der Waals surface area contributed by atoms with E-state index in [0.717, 1.165) is 19.6 Å². The molecule has 3 aromatic rings. The molecule has 3 rings (SSSR count). The zero-order valence-corrected chi connectivity index (χ0v) is 15.9. The Kier molecular flexibility index (Phi) is 5.37. The van der Waals surface area contributed by atoms with Gasteiger partial charge in [-0.15, -0.1) is 0 Å². The van der Waals surface area contributed by atoms with Crippen molar-refractivity contribution in [1.29, 1.82) is 0 Å². The van der Waals surface area contributed by atoms with Crippen LogP contribution in [0.1, 0.15) is 27.7 Å². The van der Waals surface area contributed by atoms with Crippen LogP contribution in [0.2, 0.25) is 0 Å². The highest BCUT2D eigenvalue weighted by atomic mass is 15.1. The number of pyridine rings is 1. The molecule has 0 aliphatic carbocycles. The first-order valence-electron chi connectivity index (χ1n) is 9.41. The summed E-state index contributed by atoms with van der Waals surface area (Å²) in [4.78, 5) is 2.38. The van der Waals surface area contributed by atoms with Gasteiger partial charge in [-0.05, 0) is 50.2 Å². The molecule has 0 spiro atoms. The number of hydrogen-bond donors (Lipinski definition) is 0. The van der Waals surface area contributed by atoms with E-state index in [9.17, 15) is 0 Å². The summed E-state index contributed by atoms with van der Waals surface area (Å²) in [5.41, 5.74) is 5.17. The van der Waals surface area contributed by atoms with Crippen molar-refractivity contribution in [3.63, 3.8) is 0 Å². The van der Waals surface area contributed by atoms with Crippen LogP contribution in [0, 0.1) is 5.92 Å². The molecule has 0 saturated carbocycles. The van der Waals surface area contributed by atoms with E-state index in [1.807, 2.05) is 0 Å². The zero-order valence-electron chi connectivity index (χ0n) is 15.9. The summed E-state index contributed by atoms with van der Waals surface area (Å²) in [5, 5.41) is 1.30. The number of anilines is 1. The largest absolute Gasteiger partial charge is 0.372 e. The lowest BCUT2D eigenvalue weighted by atomic mass is 10.1. The Morgan fingerprint density at radius 2 is 1.52 bits per heavy atom. The smallest absolute Gasteiger partial charge is 0.213 e. The average molecular weight is 333 g/mol. The molecule has 0 fully saturated rings. The lowest BCUT2D eigenvalue weighted by molar-refractivity contribution is -0.666. The number of fused-ring (bicyclic) bond motifs is 1. The van der Waals surface area contributed by atoms with E-state index in [-0.39, 0.29) is 0 Å². The standard InChI is InChI=1S/C23H29N2/c1-5-24(6-2)21-14-11-20(12-15-21)23-16-13-19-9-7-8-10-22(19)25(23)17-18(3)4/h7-16,18H,5-6,17H2,1-4H3/q+1. The van der Waals surface area contributed by atoms with Gasteiger partial charge < -0.3 is 4.90 Å². The van der Waals surface area contributed by atoms with Crippen molar-refractivity contribution in [1.82, 2.24) is 0 Å². The molecule has 0 aliphatic rings. The van der Waals surface area contributed by atoms with Crippen molar-refractivity contribution < 1.29 is 4.57 Å². The van der Waals surface area contributed by atoms with Gasteiger partial charge in [0.15, 0.2) is 6.54 Å². The lowest BCUT2D eigenvalue weighted by Gasteiger charge is -2.21. The molecule has 2 heteroatoms. The molecule has 0 unspecified atom stereocenters. The molecule has 0 radical (unpaired) electrons. The fraction of sp³-hybridized carbons (Fsp3) is 0.348. The summed E-state index contributed by atoms with van der Waals surface area (Å²) in [6.45, 7) is 12.1. The molecule has 0 amide bonds. The van der Waals surface area contributed by atoms with E-state index in [1.165, 1.54) is 27.8 Å². The number of benzene rings is 2. The first-order valence-corrected chi connectivity index (χ1v) is 9.41. The maximum Gasteiger partial charge on any atom is 0.213 e. The highest BCUT2D eigenvalue weighted by Crippen LogP contribution is 2.23. The molecule has 2 nitrogen and oxygen atoms in total. The third-order valence-electron chi connectivity index (χ3n) is 4.78. The fourth-order valence-electron chi connectivity index (χ4n) is 3.51. The molecule has 2 aromatic carbocycles. The molecule has 0 aliphatic heterocycles. The summed E-state index contributed by atoms with van der Waals surface area (Å²) < 4.78 is 2.46. The van der Waals surface area contributed by atoms with Gasteiger partial charge in [-0.1, -0.05) is 26.0 Å². The Balaban J connectivity index is 2.08. The second-order valence-electron chi connectivity index (χ2n) is 7.00. The van der Waals surface area contributed by atoms with Gasteiger partial charge in [-0.2, -0.15) is 4.57 Å². The molecule has 25 heavy (non-hydrogen) atoms. The Hall–Kier alpha value is -2.35. The van der Waals surface area contributed by atoms with Crippen LogP contribution in [0.25, 0.3) is 22.2 Å². The number of nitrogens with zero attached hydrogens (tertiary/aromatic N) is 2. The topological polar surface area (TPSA) is 7.12 Å². The van der Waals surface area contributed by atoms with Crippen molar-refractivity contribution in [2.75, 3.05) is 18.0 Å². The van der Waals surface area contributed by atoms with Crippen LogP contribution in [0.5, 0.6) is 0 Å². The van der Waals surface area contributed by atoms with Crippen LogP contribution in [0.3, 0.4) is 0 Å². The minimum atomic E-state index is 0.601. The van der Waals surface area contributed by atoms with E-state index in [1.54, 1.807) is 0 Å². The molecule has 0 bridgehead atoms. The summed E-state index contributed by atoms with van der Waals surface area (Å²) in [6, 6.07) is 22.2. The van der Waals surface area contributed by atoms with Gasteiger partial charge >= 0.3 is 0 Å². The number of rotatable bonds is 6. The van der Waals surface area contributed by atoms with Gasteiger partial charge in [0, 0.05) is 47.8 Å². The van der Waals surface area contributed by atoms with E-state index >= 15 is 0 Å². The molecule has 130 valence electrons. The van der Waals surface area contributed by atoms with E-state index in [0.29, 0.717) is 5.92 Å². The average Bonchev–Trinajstić information content (AvgIpc) is 2.63. The van der Waals surface area contributed by atoms with Crippen LogP contribution < -0.4 is 9.47 Å². The van der Waals surface area contributed by atoms with Crippen LogP contribution in [0.15, 0.2) is 60.7 Å². The van der Waals surface area contributed by atoms with E-state index < -0.39 is 0 Å². The van der Waals surface area contributed by atoms with Gasteiger partial charge in [-0.3, -0.25) is 0 Å². The molecule has 0 N–H and O–H groups in total. The van der Waals surface area contributed by atoms with Crippen molar-refractivity contribution in [3.8, 4) is 11.3 Å². The van der Waals surface area contributed by atoms with E-state index in [2.05, 4.69) is 97.8 Å². The van der Waals surface area contributed by atoms with Crippen molar-refractivity contribution in [2.45, 2.75) is 34.2 Å². The summed E-state index contributed by atoms with van der Waals surface area (Å²) in [5.74, 6) is 0.601. The predicted octanol–water partition coefficient (Wildman–Crippen LogP) is 5.30. The van der Waals surface area contributed by atoms with Crippen molar-refractivity contribution in [2.24, 2.45) is 5.92 Å². The van der Waals surface area contributed by atoms with Gasteiger partial charge in [0.25, 0.3) is 0 Å². The van der Waals surface area contributed by atoms with Gasteiger partial charge in [0.2, 0.25) is 11.2 Å². The lowest BCUT2D eigenvalue weighted by Crippen LogP contribution is -2.39. The number of hydrogen-bond acceptors (Lipinski definition) is 1. The third kappa shape index (κ3) is 3.68. The van der Waals surface area contributed by atoms with Crippen LogP contribution in [-0.4, -0.2) is 13.1 Å². The number of para-hydroxylation sites is 1. The second-order valence-corrected chi connectivity index (χ2v) is 7.00. The van der Waals surface area contributed by atoms with Gasteiger partial charge in [0.1, 0.15) is 0 Å². The fourth-order valence-corrected chi connectivity index (χ4v) is 3.51. The SMILES string of the molecule is CCN(CC)c1ccc(-c2ccc3ccccc3[n+]2CC(C)C)cc1. The second kappa shape index (κ2) is 7.69. The maximum absolute atomic E-state index is 2.46. The predicted molar refractivity (Wildman–Crippen MR) is 108 cm³/mol. The Labute approximate surface area is 151 Å². The van der Waals surface area contributed by atoms with Gasteiger partial charge in [0.05, 0.1) is 0 Å². The van der Waals surface area contributed by atoms with Gasteiger partial charge in [-0.25, -0.2) is 0 Å². The Morgan fingerprint density at radius 3 is 2.16 bits per heavy atom. The summed E-state index contributed by atoms with van der Waals surface area (Å²) >= 11 is 0. The van der Waals surface area contributed by atoms with Crippen molar-refractivity contribution in [3.05, 3.63) is 60.7 Å². The number of aromatic nitrogens is 1. The zero-order chi connectivity index (χ0) is 17.8. The summed E-state index contributed by atoms with van der Waals surface area (Å²) in [6.07, 6.45) is 0. The highest BCUT2D eigenvalue weighted by molar-refractivity contribution is 5.77. The van der Waals surface area contributed by atoms with Crippen LogP contribution in [-0.2, 0) is 6.54 Å². The maximum atomic E-state index is 2.46. The first kappa shape index (κ1) is 17.5. The molecule has 0 atom stereocenters. The molecule has 1 aromatic heterocycles. The molecule has 1 heterocycles. The molecular weight excluding hydrogens is 304 g/mol. The third-order valence-corrected chi connectivity index (χ3v) is 4.78. The quantitative estimate of drug-likeness (QED) is 0.555. The van der Waals surface area contributed by atoms with Crippen molar-refractivity contribution >= 4 is 16.6 Å². The molecular formula is C23H29N2+.